The van der Waals surface area contributed by atoms with Crippen LogP contribution in [0.5, 0.6) is 0 Å². The van der Waals surface area contributed by atoms with Crippen LogP contribution >= 0.6 is 0 Å². The average molecular weight is 305 g/mol. The SMILES string of the molecule is CC(C)(C)OC(=O)[C@@H]1CN(Cc2ccccc2)C[C@@H]1B(O)O. The quantitative estimate of drug-likeness (QED) is 0.648. The smallest absolute Gasteiger partial charge is 0.457 e. The summed E-state index contributed by atoms with van der Waals surface area (Å²) < 4.78 is 5.41. The van der Waals surface area contributed by atoms with E-state index in [4.69, 9.17) is 4.74 Å². The molecular weight excluding hydrogens is 281 g/mol. The van der Waals surface area contributed by atoms with E-state index < -0.39 is 24.5 Å². The van der Waals surface area contributed by atoms with Crippen LogP contribution in [0.15, 0.2) is 30.3 Å². The molecule has 1 aliphatic rings. The molecule has 0 radical (unpaired) electrons. The third kappa shape index (κ3) is 4.56. The molecule has 1 fully saturated rings. The van der Waals surface area contributed by atoms with E-state index >= 15 is 0 Å². The lowest BCUT2D eigenvalue weighted by Gasteiger charge is -2.24. The Labute approximate surface area is 132 Å². The number of rotatable bonds is 4. The molecule has 2 atom stereocenters. The van der Waals surface area contributed by atoms with Crippen molar-refractivity contribution in [2.75, 3.05) is 13.1 Å². The van der Waals surface area contributed by atoms with Gasteiger partial charge in [-0.3, -0.25) is 9.69 Å². The van der Waals surface area contributed by atoms with Gasteiger partial charge in [0.15, 0.2) is 0 Å². The van der Waals surface area contributed by atoms with Crippen molar-refractivity contribution in [3.8, 4) is 0 Å². The molecule has 1 heterocycles. The summed E-state index contributed by atoms with van der Waals surface area (Å²) in [6, 6.07) is 9.93. The number of likely N-dealkylation sites (tertiary alicyclic amines) is 1. The van der Waals surface area contributed by atoms with E-state index in [-0.39, 0.29) is 5.97 Å². The Morgan fingerprint density at radius 2 is 1.91 bits per heavy atom. The van der Waals surface area contributed by atoms with Gasteiger partial charge in [0.1, 0.15) is 5.60 Å². The predicted molar refractivity (Wildman–Crippen MR) is 85.0 cm³/mol. The van der Waals surface area contributed by atoms with Gasteiger partial charge in [-0.25, -0.2) is 0 Å². The highest BCUT2D eigenvalue weighted by molar-refractivity contribution is 6.44. The van der Waals surface area contributed by atoms with Crippen LogP contribution in [0.25, 0.3) is 0 Å². The number of carbonyl (C=O) groups is 1. The molecule has 1 aromatic carbocycles. The van der Waals surface area contributed by atoms with E-state index in [1.54, 1.807) is 0 Å². The summed E-state index contributed by atoms with van der Waals surface area (Å²) in [5.74, 6) is -1.39. The van der Waals surface area contributed by atoms with Gasteiger partial charge in [-0.15, -0.1) is 0 Å². The lowest BCUT2D eigenvalue weighted by atomic mass is 9.67. The van der Waals surface area contributed by atoms with Crippen LogP contribution in [0, 0.1) is 5.92 Å². The van der Waals surface area contributed by atoms with Gasteiger partial charge in [0.2, 0.25) is 0 Å². The second-order valence-corrected chi connectivity index (χ2v) is 6.90. The van der Waals surface area contributed by atoms with E-state index in [0.29, 0.717) is 19.6 Å². The zero-order valence-corrected chi connectivity index (χ0v) is 13.4. The minimum absolute atomic E-state index is 0.360. The molecule has 1 aliphatic heterocycles. The van der Waals surface area contributed by atoms with E-state index in [1.165, 1.54) is 0 Å². The van der Waals surface area contributed by atoms with Crippen LogP contribution in [0.3, 0.4) is 0 Å². The van der Waals surface area contributed by atoms with Gasteiger partial charge < -0.3 is 14.8 Å². The molecule has 1 aromatic rings. The zero-order valence-electron chi connectivity index (χ0n) is 13.4. The third-order valence-corrected chi connectivity index (χ3v) is 3.78. The molecule has 0 aliphatic carbocycles. The molecule has 0 saturated carbocycles. The van der Waals surface area contributed by atoms with Crippen molar-refractivity contribution < 1.29 is 19.6 Å². The predicted octanol–water partition coefficient (Wildman–Crippen LogP) is 1.30. The molecule has 0 aromatic heterocycles. The Balaban J connectivity index is 2.04. The number of nitrogens with zero attached hydrogens (tertiary/aromatic N) is 1. The molecule has 0 amide bonds. The molecule has 2 rings (SSSR count). The van der Waals surface area contributed by atoms with Crippen LogP contribution < -0.4 is 0 Å². The molecule has 22 heavy (non-hydrogen) atoms. The Morgan fingerprint density at radius 1 is 1.27 bits per heavy atom. The Morgan fingerprint density at radius 3 is 2.45 bits per heavy atom. The van der Waals surface area contributed by atoms with Crippen molar-refractivity contribution in [2.45, 2.75) is 38.7 Å². The van der Waals surface area contributed by atoms with Crippen molar-refractivity contribution in [1.29, 1.82) is 0 Å². The standard InChI is InChI=1S/C16H24BNO4/c1-16(2,3)22-15(19)13-10-18(11-14(13)17(20)21)9-12-7-5-4-6-8-12/h4-8,13-14,20-21H,9-11H2,1-3H3/t13-,14+/m1/s1. The minimum atomic E-state index is -1.52. The van der Waals surface area contributed by atoms with E-state index in [0.717, 1.165) is 5.56 Å². The number of carbonyl (C=O) groups excluding carboxylic acids is 1. The second kappa shape index (κ2) is 6.81. The third-order valence-electron chi connectivity index (χ3n) is 3.78. The fraction of sp³-hybridized carbons (Fsp3) is 0.562. The Hall–Kier alpha value is -1.37. The summed E-state index contributed by atoms with van der Waals surface area (Å²) in [7, 11) is -1.52. The van der Waals surface area contributed by atoms with Crippen molar-refractivity contribution >= 4 is 13.1 Å². The fourth-order valence-electron chi connectivity index (χ4n) is 2.81. The van der Waals surface area contributed by atoms with Crippen molar-refractivity contribution in [1.82, 2.24) is 4.90 Å². The maximum Gasteiger partial charge on any atom is 0.457 e. The number of hydrogen-bond acceptors (Lipinski definition) is 5. The zero-order chi connectivity index (χ0) is 16.3. The number of benzene rings is 1. The maximum atomic E-state index is 12.3. The van der Waals surface area contributed by atoms with Gasteiger partial charge in [-0.2, -0.15) is 0 Å². The molecule has 5 nitrogen and oxygen atoms in total. The highest BCUT2D eigenvalue weighted by Gasteiger charge is 2.45. The first kappa shape index (κ1) is 17.0. The molecular formula is C16H24BNO4. The summed E-state index contributed by atoms with van der Waals surface area (Å²) in [6.07, 6.45) is 0. The lowest BCUT2D eigenvalue weighted by molar-refractivity contribution is -0.159. The first-order chi connectivity index (χ1) is 10.3. The number of esters is 1. The van der Waals surface area contributed by atoms with E-state index in [1.807, 2.05) is 51.1 Å². The van der Waals surface area contributed by atoms with Crippen molar-refractivity contribution in [2.24, 2.45) is 5.92 Å². The Kier molecular flexibility index (Phi) is 5.26. The van der Waals surface area contributed by atoms with Crippen LogP contribution in [-0.2, 0) is 16.1 Å². The summed E-state index contributed by atoms with van der Waals surface area (Å²) in [5.41, 5.74) is 0.563. The van der Waals surface area contributed by atoms with Crippen LogP contribution in [-0.4, -0.2) is 46.7 Å². The first-order valence-corrected chi connectivity index (χ1v) is 7.61. The van der Waals surface area contributed by atoms with E-state index in [9.17, 15) is 14.8 Å². The monoisotopic (exact) mass is 305 g/mol. The summed E-state index contributed by atoms with van der Waals surface area (Å²) >= 11 is 0. The first-order valence-electron chi connectivity index (χ1n) is 7.61. The van der Waals surface area contributed by atoms with E-state index in [2.05, 4.69) is 4.90 Å². The molecule has 0 unspecified atom stereocenters. The lowest BCUT2D eigenvalue weighted by Crippen LogP contribution is -2.35. The molecule has 2 N–H and O–H groups in total. The minimum Gasteiger partial charge on any atom is -0.460 e. The second-order valence-electron chi connectivity index (χ2n) is 6.90. The molecule has 6 heteroatoms. The molecule has 0 bridgehead atoms. The van der Waals surface area contributed by atoms with Gasteiger partial charge in [-0.1, -0.05) is 30.3 Å². The molecule has 1 saturated heterocycles. The van der Waals surface area contributed by atoms with Gasteiger partial charge in [0.05, 0.1) is 5.92 Å². The van der Waals surface area contributed by atoms with Crippen molar-refractivity contribution in [3.05, 3.63) is 35.9 Å². The number of ether oxygens (including phenoxy) is 1. The van der Waals surface area contributed by atoms with Crippen LogP contribution in [0.4, 0.5) is 0 Å². The van der Waals surface area contributed by atoms with Crippen LogP contribution in [0.2, 0.25) is 5.82 Å². The van der Waals surface area contributed by atoms with Crippen molar-refractivity contribution in [3.63, 3.8) is 0 Å². The normalized spacial score (nSPS) is 22.6. The maximum absolute atomic E-state index is 12.3. The van der Waals surface area contributed by atoms with Gasteiger partial charge >= 0.3 is 13.1 Å². The summed E-state index contributed by atoms with van der Waals surface area (Å²) in [6.45, 7) is 7.07. The number of hydrogen-bond donors (Lipinski definition) is 2. The Bertz CT molecular complexity index is 501. The summed E-state index contributed by atoms with van der Waals surface area (Å²) in [5, 5.41) is 19.1. The van der Waals surface area contributed by atoms with Gasteiger partial charge in [-0.05, 0) is 26.3 Å². The highest BCUT2D eigenvalue weighted by atomic mass is 16.6. The van der Waals surface area contributed by atoms with Crippen LogP contribution in [0.1, 0.15) is 26.3 Å². The molecule has 0 spiro atoms. The topological polar surface area (TPSA) is 70.0 Å². The average Bonchev–Trinajstić information content (AvgIpc) is 2.82. The summed E-state index contributed by atoms with van der Waals surface area (Å²) in [4.78, 5) is 14.4. The van der Waals surface area contributed by atoms with Gasteiger partial charge in [0.25, 0.3) is 0 Å². The fourth-order valence-corrected chi connectivity index (χ4v) is 2.81. The molecule has 120 valence electrons. The highest BCUT2D eigenvalue weighted by Crippen LogP contribution is 2.32. The van der Waals surface area contributed by atoms with Gasteiger partial charge in [0, 0.05) is 25.5 Å². The largest absolute Gasteiger partial charge is 0.460 e.